The molecule has 5 nitrogen and oxygen atoms in total. The van der Waals surface area contributed by atoms with Gasteiger partial charge in [0.05, 0.1) is 15.6 Å². The molecule has 1 aromatic carbocycles. The van der Waals surface area contributed by atoms with Crippen molar-refractivity contribution in [3.05, 3.63) is 67.1 Å². The highest BCUT2D eigenvalue weighted by Crippen LogP contribution is 2.37. The highest BCUT2D eigenvalue weighted by Gasteiger charge is 2.30. The average molecular weight is 462 g/mol. The highest BCUT2D eigenvalue weighted by atomic mass is 35.5. The van der Waals surface area contributed by atoms with E-state index >= 15 is 0 Å². The normalized spacial score (nSPS) is 12.6. The summed E-state index contributed by atoms with van der Waals surface area (Å²) in [4.78, 5) is 24.7. The lowest BCUT2D eigenvalue weighted by molar-refractivity contribution is -0.137. The van der Waals surface area contributed by atoms with Crippen LogP contribution in [0.25, 0.3) is 11.3 Å². The van der Waals surface area contributed by atoms with Crippen molar-refractivity contribution in [2.45, 2.75) is 19.1 Å². The zero-order chi connectivity index (χ0) is 21.3. The van der Waals surface area contributed by atoms with Crippen molar-refractivity contribution in [3.63, 3.8) is 0 Å². The Balaban J connectivity index is 1.83. The predicted molar refractivity (Wildman–Crippen MR) is 107 cm³/mol. The molecule has 0 saturated heterocycles. The largest absolute Gasteiger partial charge is 0.416 e. The summed E-state index contributed by atoms with van der Waals surface area (Å²) in [7, 11) is 0. The Morgan fingerprint density at radius 1 is 1.17 bits per heavy atom. The molecule has 1 N–H and O–H groups in total. The Labute approximate surface area is 176 Å². The van der Waals surface area contributed by atoms with Crippen LogP contribution in [-0.4, -0.2) is 15.7 Å². The van der Waals surface area contributed by atoms with Crippen LogP contribution in [0.15, 0.2) is 47.3 Å². The molecule has 0 bridgehead atoms. The molecule has 1 atom stereocenters. The van der Waals surface area contributed by atoms with Gasteiger partial charge in [-0.25, -0.2) is 4.68 Å². The average Bonchev–Trinajstić information content (AvgIpc) is 2.99. The summed E-state index contributed by atoms with van der Waals surface area (Å²) in [6, 6.07) is 7.24. The summed E-state index contributed by atoms with van der Waals surface area (Å²) in [6.45, 7) is 1.44. The lowest BCUT2D eigenvalue weighted by Gasteiger charge is -2.15. The molecular weight excluding hydrogens is 450 g/mol. The van der Waals surface area contributed by atoms with Crippen LogP contribution < -0.4 is 10.9 Å². The molecule has 3 rings (SSSR count). The maximum atomic E-state index is 12.6. The third kappa shape index (κ3) is 4.80. The topological polar surface area (TPSA) is 64.0 Å². The van der Waals surface area contributed by atoms with Gasteiger partial charge in [0.15, 0.2) is 0 Å². The fourth-order valence-electron chi connectivity index (χ4n) is 2.46. The lowest BCUT2D eigenvalue weighted by atomic mass is 10.2. The Morgan fingerprint density at radius 2 is 1.83 bits per heavy atom. The van der Waals surface area contributed by atoms with Crippen LogP contribution in [-0.2, 0) is 11.0 Å². The molecule has 2 aromatic heterocycles. The van der Waals surface area contributed by atoms with E-state index in [4.69, 9.17) is 23.2 Å². The molecule has 0 radical (unpaired) electrons. The lowest BCUT2D eigenvalue weighted by Crippen LogP contribution is -2.33. The summed E-state index contributed by atoms with van der Waals surface area (Å²) in [6.07, 6.45) is -4.47. The van der Waals surface area contributed by atoms with Gasteiger partial charge in [0.25, 0.3) is 5.56 Å². The third-order valence-corrected chi connectivity index (χ3v) is 5.47. The van der Waals surface area contributed by atoms with Crippen molar-refractivity contribution in [1.82, 2.24) is 9.78 Å². The second-order valence-electron chi connectivity index (χ2n) is 5.98. The molecule has 0 fully saturated rings. The van der Waals surface area contributed by atoms with E-state index in [1.165, 1.54) is 19.1 Å². The predicted octanol–water partition coefficient (Wildman–Crippen LogP) is 5.50. The fraction of sp³-hybridized carbons (Fsp3) is 0.167. The van der Waals surface area contributed by atoms with Crippen LogP contribution in [0.2, 0.25) is 8.67 Å². The molecule has 0 aliphatic heterocycles. The van der Waals surface area contributed by atoms with E-state index in [-0.39, 0.29) is 5.69 Å². The Hall–Kier alpha value is -2.36. The van der Waals surface area contributed by atoms with Crippen LogP contribution in [0.5, 0.6) is 0 Å². The van der Waals surface area contributed by atoms with Gasteiger partial charge in [0.1, 0.15) is 10.4 Å². The Kier molecular flexibility index (Phi) is 6.02. The molecule has 1 unspecified atom stereocenters. The number of nitrogens with zero attached hydrogens (tertiary/aromatic N) is 2. The van der Waals surface area contributed by atoms with Crippen molar-refractivity contribution >= 4 is 46.1 Å². The fourth-order valence-corrected chi connectivity index (χ4v) is 3.94. The first-order chi connectivity index (χ1) is 13.6. The van der Waals surface area contributed by atoms with Gasteiger partial charge < -0.3 is 5.32 Å². The van der Waals surface area contributed by atoms with Crippen LogP contribution >= 0.6 is 34.5 Å². The van der Waals surface area contributed by atoms with Crippen molar-refractivity contribution in [3.8, 4) is 11.3 Å². The number of benzene rings is 1. The number of halogens is 5. The number of rotatable bonds is 4. The van der Waals surface area contributed by atoms with Gasteiger partial charge in [-0.05, 0) is 43.3 Å². The summed E-state index contributed by atoms with van der Waals surface area (Å²) in [5.74, 6) is -0.619. The number of anilines is 1. The number of hydrogen-bond acceptors (Lipinski definition) is 4. The summed E-state index contributed by atoms with van der Waals surface area (Å²) >= 11 is 13.2. The molecule has 2 heterocycles. The van der Waals surface area contributed by atoms with E-state index in [0.29, 0.717) is 19.9 Å². The van der Waals surface area contributed by atoms with Crippen LogP contribution in [0.3, 0.4) is 0 Å². The number of thiophene rings is 1. The minimum absolute atomic E-state index is 0.159. The van der Waals surface area contributed by atoms with Gasteiger partial charge in [0, 0.05) is 17.3 Å². The minimum Gasteiger partial charge on any atom is -0.324 e. The monoisotopic (exact) mass is 461 g/mol. The molecular formula is C18H12Cl2F3N3O2S. The zero-order valence-electron chi connectivity index (χ0n) is 14.6. The third-order valence-electron chi connectivity index (χ3n) is 3.98. The molecule has 29 heavy (non-hydrogen) atoms. The van der Waals surface area contributed by atoms with E-state index in [1.54, 1.807) is 6.07 Å². The number of amides is 1. The minimum atomic E-state index is -4.47. The van der Waals surface area contributed by atoms with E-state index in [0.717, 1.165) is 40.3 Å². The molecule has 0 aliphatic rings. The smallest absolute Gasteiger partial charge is 0.324 e. The van der Waals surface area contributed by atoms with Crippen molar-refractivity contribution in [2.75, 3.05) is 5.32 Å². The van der Waals surface area contributed by atoms with E-state index in [1.807, 2.05) is 0 Å². The van der Waals surface area contributed by atoms with Gasteiger partial charge in [0.2, 0.25) is 5.91 Å². The summed E-state index contributed by atoms with van der Waals surface area (Å²) < 4.78 is 39.7. The van der Waals surface area contributed by atoms with Gasteiger partial charge in [-0.15, -0.1) is 11.3 Å². The molecule has 3 aromatic rings. The van der Waals surface area contributed by atoms with Crippen molar-refractivity contribution in [2.24, 2.45) is 0 Å². The maximum absolute atomic E-state index is 12.6. The van der Waals surface area contributed by atoms with Gasteiger partial charge >= 0.3 is 6.18 Å². The van der Waals surface area contributed by atoms with E-state index < -0.39 is 29.2 Å². The molecule has 0 saturated carbocycles. The molecule has 11 heteroatoms. The van der Waals surface area contributed by atoms with Crippen LogP contribution in [0, 0.1) is 0 Å². The van der Waals surface area contributed by atoms with Gasteiger partial charge in [-0.2, -0.15) is 18.3 Å². The Morgan fingerprint density at radius 3 is 2.38 bits per heavy atom. The number of carbonyl (C=O) groups excluding carboxylic acids is 1. The van der Waals surface area contributed by atoms with Crippen LogP contribution in [0.1, 0.15) is 18.5 Å². The van der Waals surface area contributed by atoms with Crippen molar-refractivity contribution in [1.29, 1.82) is 0 Å². The number of hydrogen-bond donors (Lipinski definition) is 1. The first-order valence-corrected chi connectivity index (χ1v) is 9.66. The number of nitrogens with one attached hydrogen (secondary N) is 1. The number of alkyl halides is 3. The first kappa shape index (κ1) is 21.4. The van der Waals surface area contributed by atoms with Crippen LogP contribution in [0.4, 0.5) is 18.9 Å². The van der Waals surface area contributed by atoms with Crippen molar-refractivity contribution < 1.29 is 18.0 Å². The first-order valence-electron chi connectivity index (χ1n) is 8.09. The SMILES string of the molecule is CC(C(=O)Nc1ccc(C(F)(F)F)cc1)n1nc(-c2cc(Cl)sc2Cl)ccc1=O. The Bertz CT molecular complexity index is 1110. The summed E-state index contributed by atoms with van der Waals surface area (Å²) in [5, 5.41) is 6.65. The summed E-state index contributed by atoms with van der Waals surface area (Å²) in [5.41, 5.74) is -0.328. The second kappa shape index (κ2) is 8.17. The zero-order valence-corrected chi connectivity index (χ0v) is 17.0. The maximum Gasteiger partial charge on any atom is 0.416 e. The molecule has 1 amide bonds. The number of carbonyl (C=O) groups is 1. The standard InChI is InChI=1S/C18H12Cl2F3N3O2S/c1-9(17(28)24-11-4-2-10(3-5-11)18(21,22)23)26-15(27)7-6-13(25-26)12-8-14(19)29-16(12)20/h2-9H,1H3,(H,24,28). The van der Waals surface area contributed by atoms with E-state index in [9.17, 15) is 22.8 Å². The highest BCUT2D eigenvalue weighted by molar-refractivity contribution is 7.20. The van der Waals surface area contributed by atoms with Gasteiger partial charge in [-0.3, -0.25) is 9.59 Å². The van der Waals surface area contributed by atoms with Gasteiger partial charge in [-0.1, -0.05) is 23.2 Å². The molecule has 152 valence electrons. The second-order valence-corrected chi connectivity index (χ2v) is 8.27. The van der Waals surface area contributed by atoms with E-state index in [2.05, 4.69) is 10.4 Å². The quantitative estimate of drug-likeness (QED) is 0.557. The molecule has 0 spiro atoms. The molecule has 0 aliphatic carbocycles. The number of aromatic nitrogens is 2.